The van der Waals surface area contributed by atoms with Crippen molar-refractivity contribution in [1.82, 2.24) is 5.32 Å². The molecule has 2 nitrogen and oxygen atoms in total. The highest BCUT2D eigenvalue weighted by Crippen LogP contribution is 2.45. The lowest BCUT2D eigenvalue weighted by Crippen LogP contribution is -2.64. The standard InChI is InChI=1S/C7H13NO/c1-7(9)5-2-6(7)4-8-3-5/h5-6,8-9H,2-4H2,1H3. The first-order valence-electron chi connectivity index (χ1n) is 3.64. The zero-order chi connectivity index (χ0) is 6.48. The zero-order valence-electron chi connectivity index (χ0n) is 5.72. The molecule has 9 heavy (non-hydrogen) atoms. The second-order valence-corrected chi connectivity index (χ2v) is 3.51. The monoisotopic (exact) mass is 127 g/mol. The van der Waals surface area contributed by atoms with E-state index in [1.807, 2.05) is 6.92 Å². The van der Waals surface area contributed by atoms with Gasteiger partial charge in [-0.3, -0.25) is 0 Å². The van der Waals surface area contributed by atoms with Gasteiger partial charge in [0, 0.05) is 24.9 Å². The highest BCUT2D eigenvalue weighted by atomic mass is 16.3. The number of fused-ring (bicyclic) bond motifs is 2. The average molecular weight is 127 g/mol. The van der Waals surface area contributed by atoms with Gasteiger partial charge in [-0.1, -0.05) is 0 Å². The van der Waals surface area contributed by atoms with Crippen LogP contribution in [0.4, 0.5) is 0 Å². The molecule has 2 atom stereocenters. The molecule has 2 N–H and O–H groups in total. The molecule has 1 aliphatic carbocycles. The Kier molecular flexibility index (Phi) is 0.945. The minimum absolute atomic E-state index is 0.328. The van der Waals surface area contributed by atoms with Crippen LogP contribution in [0.15, 0.2) is 0 Å². The zero-order valence-corrected chi connectivity index (χ0v) is 5.72. The summed E-state index contributed by atoms with van der Waals surface area (Å²) in [5.74, 6) is 1.08. The van der Waals surface area contributed by atoms with E-state index in [4.69, 9.17) is 0 Å². The van der Waals surface area contributed by atoms with Gasteiger partial charge >= 0.3 is 0 Å². The van der Waals surface area contributed by atoms with Crippen LogP contribution in [-0.4, -0.2) is 23.8 Å². The van der Waals surface area contributed by atoms with Gasteiger partial charge < -0.3 is 10.4 Å². The van der Waals surface area contributed by atoms with Gasteiger partial charge in [0.2, 0.25) is 0 Å². The third-order valence-electron chi connectivity index (χ3n) is 3.00. The van der Waals surface area contributed by atoms with Crippen LogP contribution < -0.4 is 5.32 Å². The van der Waals surface area contributed by atoms with Gasteiger partial charge in [-0.2, -0.15) is 0 Å². The summed E-state index contributed by atoms with van der Waals surface area (Å²) in [4.78, 5) is 0. The molecule has 52 valence electrons. The van der Waals surface area contributed by atoms with Crippen molar-refractivity contribution in [3.8, 4) is 0 Å². The van der Waals surface area contributed by atoms with Gasteiger partial charge in [-0.25, -0.2) is 0 Å². The lowest BCUT2D eigenvalue weighted by atomic mass is 9.59. The molecule has 2 saturated heterocycles. The van der Waals surface area contributed by atoms with Gasteiger partial charge in [0.1, 0.15) is 0 Å². The number of aliphatic hydroxyl groups is 1. The van der Waals surface area contributed by atoms with Crippen LogP contribution in [0.5, 0.6) is 0 Å². The van der Waals surface area contributed by atoms with E-state index in [0.29, 0.717) is 11.8 Å². The number of nitrogens with one attached hydrogen (secondary N) is 1. The highest BCUT2D eigenvalue weighted by molar-refractivity contribution is 5.05. The molecule has 0 radical (unpaired) electrons. The van der Waals surface area contributed by atoms with Crippen molar-refractivity contribution in [2.45, 2.75) is 18.9 Å². The summed E-state index contributed by atoms with van der Waals surface area (Å²) in [5.41, 5.74) is -0.328. The van der Waals surface area contributed by atoms with Crippen LogP contribution in [0.25, 0.3) is 0 Å². The normalized spacial score (nSPS) is 56.7. The van der Waals surface area contributed by atoms with Crippen LogP contribution in [0.2, 0.25) is 0 Å². The number of rotatable bonds is 0. The van der Waals surface area contributed by atoms with Gasteiger partial charge in [0.15, 0.2) is 0 Å². The molecule has 0 aromatic rings. The molecule has 0 spiro atoms. The summed E-state index contributed by atoms with van der Waals surface area (Å²) < 4.78 is 0. The molecule has 2 unspecified atom stereocenters. The third-order valence-corrected chi connectivity index (χ3v) is 3.00. The highest BCUT2D eigenvalue weighted by Gasteiger charge is 2.52. The van der Waals surface area contributed by atoms with E-state index >= 15 is 0 Å². The molecule has 1 saturated carbocycles. The molecule has 2 heterocycles. The molecule has 2 bridgehead atoms. The molecule has 0 aromatic heterocycles. The van der Waals surface area contributed by atoms with Crippen LogP contribution >= 0.6 is 0 Å². The summed E-state index contributed by atoms with van der Waals surface area (Å²) in [6.45, 7) is 4.00. The minimum atomic E-state index is -0.328. The Labute approximate surface area is 55.3 Å². The molecule has 2 aliphatic heterocycles. The quantitative estimate of drug-likeness (QED) is 0.479. The van der Waals surface area contributed by atoms with E-state index in [1.165, 1.54) is 6.42 Å². The third kappa shape index (κ3) is 0.578. The SMILES string of the molecule is CC1(O)C2CNCC1C2. The first-order chi connectivity index (χ1) is 4.21. The molecule has 0 aromatic carbocycles. The Morgan fingerprint density at radius 3 is 2.22 bits per heavy atom. The second-order valence-electron chi connectivity index (χ2n) is 3.51. The maximum absolute atomic E-state index is 9.65. The summed E-state index contributed by atoms with van der Waals surface area (Å²) in [6, 6.07) is 0. The lowest BCUT2D eigenvalue weighted by molar-refractivity contribution is -0.153. The van der Waals surface area contributed by atoms with Crippen molar-refractivity contribution in [2.24, 2.45) is 11.8 Å². The maximum atomic E-state index is 9.65. The lowest BCUT2D eigenvalue weighted by Gasteiger charge is -2.54. The fourth-order valence-electron chi connectivity index (χ4n) is 2.01. The van der Waals surface area contributed by atoms with Crippen LogP contribution in [0.3, 0.4) is 0 Å². The minimum Gasteiger partial charge on any atom is -0.390 e. The summed E-state index contributed by atoms with van der Waals surface area (Å²) in [7, 11) is 0. The number of piperidine rings is 2. The molecular weight excluding hydrogens is 114 g/mol. The van der Waals surface area contributed by atoms with Crippen LogP contribution in [-0.2, 0) is 0 Å². The maximum Gasteiger partial charge on any atom is 0.0700 e. The Bertz CT molecular complexity index is 117. The predicted molar refractivity (Wildman–Crippen MR) is 35.1 cm³/mol. The van der Waals surface area contributed by atoms with E-state index in [2.05, 4.69) is 5.32 Å². The number of hydrogen-bond donors (Lipinski definition) is 2. The van der Waals surface area contributed by atoms with Crippen molar-refractivity contribution < 1.29 is 5.11 Å². The van der Waals surface area contributed by atoms with Gasteiger partial charge in [-0.05, 0) is 13.3 Å². The molecule has 0 amide bonds. The predicted octanol–water partition coefficient (Wildman–Crippen LogP) is -0.0233. The van der Waals surface area contributed by atoms with Crippen molar-refractivity contribution >= 4 is 0 Å². The van der Waals surface area contributed by atoms with Crippen molar-refractivity contribution in [2.75, 3.05) is 13.1 Å². The Hall–Kier alpha value is -0.0800. The largest absolute Gasteiger partial charge is 0.390 e. The summed E-state index contributed by atoms with van der Waals surface area (Å²) in [6.07, 6.45) is 1.24. The molecule has 3 rings (SSSR count). The first kappa shape index (κ1) is 5.69. The van der Waals surface area contributed by atoms with Gasteiger partial charge in [0.05, 0.1) is 5.60 Å². The second kappa shape index (κ2) is 1.50. The van der Waals surface area contributed by atoms with E-state index in [9.17, 15) is 5.11 Å². The fraction of sp³-hybridized carbons (Fsp3) is 1.00. The Balaban J connectivity index is 2.13. The molecule has 3 fully saturated rings. The van der Waals surface area contributed by atoms with E-state index < -0.39 is 0 Å². The first-order valence-corrected chi connectivity index (χ1v) is 3.64. The average Bonchev–Trinajstić information content (AvgIpc) is 1.89. The molecular formula is C7H13NO. The van der Waals surface area contributed by atoms with E-state index in [0.717, 1.165) is 13.1 Å². The van der Waals surface area contributed by atoms with Crippen molar-refractivity contribution in [1.29, 1.82) is 0 Å². The van der Waals surface area contributed by atoms with E-state index in [1.54, 1.807) is 0 Å². The van der Waals surface area contributed by atoms with E-state index in [-0.39, 0.29) is 5.60 Å². The van der Waals surface area contributed by atoms with Gasteiger partial charge in [-0.15, -0.1) is 0 Å². The molecule has 2 heteroatoms. The van der Waals surface area contributed by atoms with Crippen LogP contribution in [0, 0.1) is 11.8 Å². The van der Waals surface area contributed by atoms with Crippen molar-refractivity contribution in [3.63, 3.8) is 0 Å². The van der Waals surface area contributed by atoms with Gasteiger partial charge in [0.25, 0.3) is 0 Å². The number of hydrogen-bond acceptors (Lipinski definition) is 2. The molecule has 3 aliphatic rings. The fourth-order valence-corrected chi connectivity index (χ4v) is 2.01. The van der Waals surface area contributed by atoms with Crippen LogP contribution in [0.1, 0.15) is 13.3 Å². The summed E-state index contributed by atoms with van der Waals surface area (Å²) >= 11 is 0. The smallest absolute Gasteiger partial charge is 0.0700 e. The summed E-state index contributed by atoms with van der Waals surface area (Å²) in [5, 5.41) is 12.9. The Morgan fingerprint density at radius 1 is 1.44 bits per heavy atom. The van der Waals surface area contributed by atoms with Crippen molar-refractivity contribution in [3.05, 3.63) is 0 Å². The Morgan fingerprint density at radius 2 is 2.00 bits per heavy atom. The topological polar surface area (TPSA) is 32.3 Å².